The molecule has 3 amide bonds. The lowest BCUT2D eigenvalue weighted by Crippen LogP contribution is -2.36. The fourth-order valence-electron chi connectivity index (χ4n) is 3.41. The van der Waals surface area contributed by atoms with Crippen LogP contribution in [0.3, 0.4) is 0 Å². The van der Waals surface area contributed by atoms with Crippen LogP contribution in [0.25, 0.3) is 0 Å². The number of nitrogens with zero attached hydrogens (tertiary/aromatic N) is 1. The van der Waals surface area contributed by atoms with Crippen LogP contribution < -0.4 is 16.4 Å². The Morgan fingerprint density at radius 3 is 2.15 bits per heavy atom. The molecule has 1 aliphatic heterocycles. The molecule has 1 heterocycles. The smallest absolute Gasteiger partial charge is 0.251 e. The lowest BCUT2D eigenvalue weighted by Gasteiger charge is -2.26. The number of piperidine rings is 1. The van der Waals surface area contributed by atoms with E-state index < -0.39 is 38.5 Å². The SMILES string of the molecule is NC(=O)CNC(=O)c1ccc(CNC(=O)c2ccc(F)c(S(=O)(=O)N3CCCCC3)c2)cc1. The number of hydrogen-bond donors (Lipinski definition) is 3. The van der Waals surface area contributed by atoms with E-state index in [9.17, 15) is 27.2 Å². The molecule has 0 spiro atoms. The van der Waals surface area contributed by atoms with Gasteiger partial charge in [-0.2, -0.15) is 4.31 Å². The fraction of sp³-hybridized carbons (Fsp3) is 0.318. The van der Waals surface area contributed by atoms with Crippen molar-refractivity contribution in [2.75, 3.05) is 19.6 Å². The first-order chi connectivity index (χ1) is 15.7. The van der Waals surface area contributed by atoms with E-state index in [0.717, 1.165) is 18.6 Å². The van der Waals surface area contributed by atoms with E-state index in [-0.39, 0.29) is 18.7 Å². The number of hydrogen-bond acceptors (Lipinski definition) is 5. The highest BCUT2D eigenvalue weighted by molar-refractivity contribution is 7.89. The number of nitrogens with one attached hydrogen (secondary N) is 2. The van der Waals surface area contributed by atoms with Crippen LogP contribution in [0.1, 0.15) is 45.5 Å². The second kappa shape index (κ2) is 10.5. The number of rotatable bonds is 8. The Bertz CT molecular complexity index is 1150. The zero-order chi connectivity index (χ0) is 24.0. The predicted octanol–water partition coefficient (Wildman–Crippen LogP) is 1.15. The topological polar surface area (TPSA) is 139 Å². The summed E-state index contributed by atoms with van der Waals surface area (Å²) in [5.41, 5.74) is 6.01. The molecule has 4 N–H and O–H groups in total. The van der Waals surface area contributed by atoms with Gasteiger partial charge in [-0.05, 0) is 48.7 Å². The van der Waals surface area contributed by atoms with Crippen LogP contribution in [0.4, 0.5) is 4.39 Å². The molecule has 2 aromatic carbocycles. The summed E-state index contributed by atoms with van der Waals surface area (Å²) in [7, 11) is -4.03. The third-order valence-corrected chi connectivity index (χ3v) is 7.13. The molecule has 0 bridgehead atoms. The maximum absolute atomic E-state index is 14.3. The molecule has 11 heteroatoms. The summed E-state index contributed by atoms with van der Waals surface area (Å²) in [6, 6.07) is 9.56. The summed E-state index contributed by atoms with van der Waals surface area (Å²) < 4.78 is 41.2. The Morgan fingerprint density at radius 2 is 1.52 bits per heavy atom. The molecule has 33 heavy (non-hydrogen) atoms. The number of nitrogens with two attached hydrogens (primary N) is 1. The maximum atomic E-state index is 14.3. The molecule has 3 rings (SSSR count). The van der Waals surface area contributed by atoms with Crippen LogP contribution in [-0.4, -0.2) is 50.1 Å². The molecule has 1 aliphatic rings. The minimum Gasteiger partial charge on any atom is -0.368 e. The minimum absolute atomic E-state index is 0.0226. The van der Waals surface area contributed by atoms with Gasteiger partial charge in [0.25, 0.3) is 11.8 Å². The van der Waals surface area contributed by atoms with Crippen LogP contribution in [-0.2, 0) is 21.4 Å². The predicted molar refractivity (Wildman–Crippen MR) is 118 cm³/mol. The first kappa shape index (κ1) is 24.3. The second-order valence-electron chi connectivity index (χ2n) is 7.64. The van der Waals surface area contributed by atoms with Crippen LogP contribution in [0.15, 0.2) is 47.4 Å². The van der Waals surface area contributed by atoms with Gasteiger partial charge in [-0.1, -0.05) is 18.6 Å². The zero-order valence-corrected chi connectivity index (χ0v) is 18.7. The van der Waals surface area contributed by atoms with Crippen LogP contribution in [0.5, 0.6) is 0 Å². The van der Waals surface area contributed by atoms with Gasteiger partial charge in [0, 0.05) is 30.8 Å². The number of halogens is 1. The van der Waals surface area contributed by atoms with Crippen LogP contribution >= 0.6 is 0 Å². The van der Waals surface area contributed by atoms with E-state index in [1.165, 1.54) is 22.5 Å². The second-order valence-corrected chi connectivity index (χ2v) is 9.54. The summed E-state index contributed by atoms with van der Waals surface area (Å²) in [4.78, 5) is 34.7. The monoisotopic (exact) mass is 476 g/mol. The Kier molecular flexibility index (Phi) is 7.77. The summed E-state index contributed by atoms with van der Waals surface area (Å²) in [6.45, 7) is 0.487. The fourth-order valence-corrected chi connectivity index (χ4v) is 5.02. The van der Waals surface area contributed by atoms with Crippen molar-refractivity contribution < 1.29 is 27.2 Å². The summed E-state index contributed by atoms with van der Waals surface area (Å²) >= 11 is 0. The number of primary amides is 1. The zero-order valence-electron chi connectivity index (χ0n) is 17.8. The van der Waals surface area contributed by atoms with Crippen molar-refractivity contribution in [3.8, 4) is 0 Å². The Labute approximate surface area is 191 Å². The van der Waals surface area contributed by atoms with Crippen molar-refractivity contribution in [1.82, 2.24) is 14.9 Å². The van der Waals surface area contributed by atoms with Gasteiger partial charge in [0.1, 0.15) is 10.7 Å². The van der Waals surface area contributed by atoms with Crippen molar-refractivity contribution in [2.24, 2.45) is 5.73 Å². The molecule has 0 saturated carbocycles. The average Bonchev–Trinajstić information content (AvgIpc) is 2.82. The van der Waals surface area contributed by atoms with Gasteiger partial charge in [-0.25, -0.2) is 12.8 Å². The summed E-state index contributed by atoms with van der Waals surface area (Å²) in [6.07, 6.45) is 2.36. The molecule has 176 valence electrons. The minimum atomic E-state index is -4.03. The lowest BCUT2D eigenvalue weighted by molar-refractivity contribution is -0.117. The quantitative estimate of drug-likeness (QED) is 0.525. The van der Waals surface area contributed by atoms with E-state index >= 15 is 0 Å². The molecule has 2 aromatic rings. The normalized spacial score (nSPS) is 14.5. The molecule has 9 nitrogen and oxygen atoms in total. The van der Waals surface area contributed by atoms with Gasteiger partial charge >= 0.3 is 0 Å². The number of sulfonamides is 1. The first-order valence-corrected chi connectivity index (χ1v) is 11.9. The van der Waals surface area contributed by atoms with Crippen molar-refractivity contribution in [3.63, 3.8) is 0 Å². The number of benzene rings is 2. The Hall–Kier alpha value is -3.31. The van der Waals surface area contributed by atoms with E-state index in [1.54, 1.807) is 12.1 Å². The number of carbonyl (C=O) groups excluding carboxylic acids is 3. The summed E-state index contributed by atoms with van der Waals surface area (Å²) in [5.74, 6) is -2.58. The van der Waals surface area contributed by atoms with Gasteiger partial charge in [0.2, 0.25) is 15.9 Å². The Balaban J connectivity index is 1.65. The standard InChI is InChI=1S/C22H25FN4O5S/c23-18-9-8-17(12-19(18)33(31,32)27-10-2-1-3-11-27)22(30)25-13-15-4-6-16(7-5-15)21(29)26-14-20(24)28/h4-9,12H,1-3,10-11,13-14H2,(H2,24,28)(H,25,30)(H,26,29). The third-order valence-electron chi connectivity index (χ3n) is 5.22. The van der Waals surface area contributed by atoms with Crippen molar-refractivity contribution in [1.29, 1.82) is 0 Å². The third kappa shape index (κ3) is 6.14. The molecule has 0 unspecified atom stereocenters. The molecule has 0 aromatic heterocycles. The first-order valence-electron chi connectivity index (χ1n) is 10.4. The Morgan fingerprint density at radius 1 is 0.909 bits per heavy atom. The van der Waals surface area contributed by atoms with Gasteiger partial charge < -0.3 is 16.4 Å². The molecule has 1 saturated heterocycles. The molecular weight excluding hydrogens is 451 g/mol. The highest BCUT2D eigenvalue weighted by Gasteiger charge is 2.29. The van der Waals surface area contributed by atoms with Crippen molar-refractivity contribution in [2.45, 2.75) is 30.7 Å². The number of amides is 3. The lowest BCUT2D eigenvalue weighted by atomic mass is 10.1. The van der Waals surface area contributed by atoms with Gasteiger partial charge in [0.05, 0.1) is 6.54 Å². The maximum Gasteiger partial charge on any atom is 0.251 e. The molecule has 0 aliphatic carbocycles. The van der Waals surface area contributed by atoms with Gasteiger partial charge in [-0.3, -0.25) is 14.4 Å². The number of carbonyl (C=O) groups is 3. The van der Waals surface area contributed by atoms with E-state index in [1.807, 2.05) is 0 Å². The van der Waals surface area contributed by atoms with Crippen LogP contribution in [0.2, 0.25) is 0 Å². The largest absolute Gasteiger partial charge is 0.368 e. The van der Waals surface area contributed by atoms with E-state index in [2.05, 4.69) is 10.6 Å². The summed E-state index contributed by atoms with van der Waals surface area (Å²) in [5, 5.41) is 5.02. The molecule has 0 radical (unpaired) electrons. The van der Waals surface area contributed by atoms with E-state index in [4.69, 9.17) is 5.73 Å². The highest BCUT2D eigenvalue weighted by Crippen LogP contribution is 2.24. The average molecular weight is 477 g/mol. The van der Waals surface area contributed by atoms with Crippen molar-refractivity contribution in [3.05, 3.63) is 65.0 Å². The molecule has 0 atom stereocenters. The highest BCUT2D eigenvalue weighted by atomic mass is 32.2. The molecule has 1 fully saturated rings. The van der Waals surface area contributed by atoms with Gasteiger partial charge in [-0.15, -0.1) is 0 Å². The van der Waals surface area contributed by atoms with Crippen LogP contribution in [0, 0.1) is 5.82 Å². The van der Waals surface area contributed by atoms with E-state index in [0.29, 0.717) is 37.1 Å². The van der Waals surface area contributed by atoms with Gasteiger partial charge in [0.15, 0.2) is 0 Å². The van der Waals surface area contributed by atoms with Crippen molar-refractivity contribution >= 4 is 27.7 Å². The molecular formula is C22H25FN4O5S.